The Kier molecular flexibility index (Phi) is 7.18. The van der Waals surface area contributed by atoms with Gasteiger partial charge in [-0.3, -0.25) is 0 Å². The van der Waals surface area contributed by atoms with Crippen LogP contribution in [0.2, 0.25) is 0 Å². The van der Waals surface area contributed by atoms with Gasteiger partial charge in [-0.25, -0.2) is 4.79 Å². The van der Waals surface area contributed by atoms with E-state index in [0.29, 0.717) is 0 Å². The van der Waals surface area contributed by atoms with Gasteiger partial charge in [0, 0.05) is 38.1 Å². The van der Waals surface area contributed by atoms with Crippen molar-refractivity contribution in [1.82, 2.24) is 10.2 Å². The predicted molar refractivity (Wildman–Crippen MR) is 107 cm³/mol. The SMILES string of the molecule is Cc1cccc(N2CCN(C(=O)NC=C3CCCCC3)CC2)c1C.Cl. The third-order valence-electron chi connectivity index (χ3n) is 5.38. The van der Waals surface area contributed by atoms with E-state index in [1.807, 2.05) is 11.1 Å². The van der Waals surface area contributed by atoms with Crippen LogP contribution in [-0.4, -0.2) is 37.1 Å². The number of hydrogen-bond donors (Lipinski definition) is 1. The van der Waals surface area contributed by atoms with Crippen molar-refractivity contribution in [3.8, 4) is 0 Å². The number of aryl methyl sites for hydroxylation is 1. The van der Waals surface area contributed by atoms with E-state index in [9.17, 15) is 4.79 Å². The molecule has 1 aromatic rings. The van der Waals surface area contributed by atoms with Crippen molar-refractivity contribution >= 4 is 24.1 Å². The molecule has 1 N–H and O–H groups in total. The van der Waals surface area contributed by atoms with Gasteiger partial charge in [-0.1, -0.05) is 24.1 Å². The number of piperazine rings is 1. The van der Waals surface area contributed by atoms with Crippen molar-refractivity contribution in [3.63, 3.8) is 0 Å². The summed E-state index contributed by atoms with van der Waals surface area (Å²) < 4.78 is 0. The zero-order valence-corrected chi connectivity index (χ0v) is 16.2. The third kappa shape index (κ3) is 4.91. The van der Waals surface area contributed by atoms with Crippen molar-refractivity contribution in [2.45, 2.75) is 46.0 Å². The Labute approximate surface area is 157 Å². The molecule has 1 saturated heterocycles. The molecular weight excluding hydrogens is 334 g/mol. The van der Waals surface area contributed by atoms with Gasteiger partial charge in [-0.05, 0) is 56.7 Å². The molecule has 0 bridgehead atoms. The predicted octanol–water partition coefficient (Wildman–Crippen LogP) is 4.40. The van der Waals surface area contributed by atoms with Gasteiger partial charge in [0.15, 0.2) is 0 Å². The lowest BCUT2D eigenvalue weighted by molar-refractivity contribution is 0.198. The Morgan fingerprint density at radius 2 is 1.72 bits per heavy atom. The smallest absolute Gasteiger partial charge is 0.321 e. The summed E-state index contributed by atoms with van der Waals surface area (Å²) in [6.07, 6.45) is 8.08. The molecule has 5 heteroatoms. The number of allylic oxidation sites excluding steroid dienone is 1. The molecule has 1 aliphatic carbocycles. The molecule has 2 aliphatic rings. The monoisotopic (exact) mass is 363 g/mol. The molecule has 3 rings (SSSR count). The number of rotatable bonds is 2. The number of carbonyl (C=O) groups is 1. The number of anilines is 1. The van der Waals surface area contributed by atoms with E-state index in [1.165, 1.54) is 41.6 Å². The van der Waals surface area contributed by atoms with Crippen LogP contribution in [0.1, 0.15) is 43.2 Å². The van der Waals surface area contributed by atoms with Crippen LogP contribution in [0.5, 0.6) is 0 Å². The molecule has 2 amide bonds. The first-order valence-corrected chi connectivity index (χ1v) is 9.19. The first-order chi connectivity index (χ1) is 11.6. The highest BCUT2D eigenvalue weighted by Gasteiger charge is 2.22. The highest BCUT2D eigenvalue weighted by atomic mass is 35.5. The number of amides is 2. The zero-order valence-electron chi connectivity index (χ0n) is 15.4. The molecule has 0 atom stereocenters. The number of nitrogens with one attached hydrogen (secondary N) is 1. The second kappa shape index (κ2) is 9.14. The highest BCUT2D eigenvalue weighted by Crippen LogP contribution is 2.24. The minimum absolute atomic E-state index is 0. The van der Waals surface area contributed by atoms with Crippen LogP contribution in [0, 0.1) is 13.8 Å². The first-order valence-electron chi connectivity index (χ1n) is 9.19. The van der Waals surface area contributed by atoms with Gasteiger partial charge in [0.2, 0.25) is 0 Å². The first kappa shape index (κ1) is 19.6. The van der Waals surface area contributed by atoms with Crippen molar-refractivity contribution in [2.75, 3.05) is 31.1 Å². The molecule has 0 spiro atoms. The van der Waals surface area contributed by atoms with Crippen molar-refractivity contribution < 1.29 is 4.79 Å². The zero-order chi connectivity index (χ0) is 16.9. The Morgan fingerprint density at radius 3 is 2.40 bits per heavy atom. The molecule has 2 fully saturated rings. The largest absolute Gasteiger partial charge is 0.368 e. The maximum atomic E-state index is 12.4. The van der Waals surface area contributed by atoms with E-state index in [0.717, 1.165) is 39.0 Å². The standard InChI is InChI=1S/C20H29N3O.ClH/c1-16-7-6-10-19(17(16)2)22-11-13-23(14-12-22)20(24)21-15-18-8-4-3-5-9-18;/h6-7,10,15H,3-5,8-9,11-14H2,1-2H3,(H,21,24);1H. The second-order valence-electron chi connectivity index (χ2n) is 7.01. The van der Waals surface area contributed by atoms with E-state index in [4.69, 9.17) is 0 Å². The second-order valence-corrected chi connectivity index (χ2v) is 7.01. The molecule has 1 heterocycles. The Balaban J connectivity index is 0.00000225. The minimum Gasteiger partial charge on any atom is -0.368 e. The van der Waals surface area contributed by atoms with Crippen LogP contribution in [0.25, 0.3) is 0 Å². The Bertz CT molecular complexity index is 613. The summed E-state index contributed by atoms with van der Waals surface area (Å²) in [6, 6.07) is 6.51. The molecule has 0 aromatic heterocycles. The van der Waals surface area contributed by atoms with E-state index in [-0.39, 0.29) is 18.4 Å². The third-order valence-corrected chi connectivity index (χ3v) is 5.38. The van der Waals surface area contributed by atoms with Gasteiger partial charge >= 0.3 is 6.03 Å². The van der Waals surface area contributed by atoms with Gasteiger partial charge in [0.25, 0.3) is 0 Å². The molecule has 1 aliphatic heterocycles. The van der Waals surface area contributed by atoms with Crippen LogP contribution in [-0.2, 0) is 0 Å². The lowest BCUT2D eigenvalue weighted by Crippen LogP contribution is -2.51. The summed E-state index contributed by atoms with van der Waals surface area (Å²) in [5.74, 6) is 0. The average Bonchev–Trinajstić information content (AvgIpc) is 2.63. The summed E-state index contributed by atoms with van der Waals surface area (Å²) in [6.45, 7) is 7.69. The fourth-order valence-corrected chi connectivity index (χ4v) is 3.63. The summed E-state index contributed by atoms with van der Waals surface area (Å²) in [7, 11) is 0. The van der Waals surface area contributed by atoms with E-state index in [2.05, 4.69) is 42.3 Å². The van der Waals surface area contributed by atoms with Crippen molar-refractivity contribution in [3.05, 3.63) is 41.1 Å². The van der Waals surface area contributed by atoms with Crippen LogP contribution in [0.15, 0.2) is 30.0 Å². The number of halogens is 1. The Hall–Kier alpha value is -1.68. The molecule has 0 radical (unpaired) electrons. The molecule has 1 saturated carbocycles. The molecule has 4 nitrogen and oxygen atoms in total. The number of urea groups is 1. The summed E-state index contributed by atoms with van der Waals surface area (Å²) in [5, 5.41) is 3.00. The minimum atomic E-state index is 0. The fraction of sp³-hybridized carbons (Fsp3) is 0.550. The maximum Gasteiger partial charge on any atom is 0.321 e. The van der Waals surface area contributed by atoms with E-state index < -0.39 is 0 Å². The summed E-state index contributed by atoms with van der Waals surface area (Å²) >= 11 is 0. The van der Waals surface area contributed by atoms with Gasteiger partial charge in [0.05, 0.1) is 0 Å². The summed E-state index contributed by atoms with van der Waals surface area (Å²) in [4.78, 5) is 16.7. The Morgan fingerprint density at radius 1 is 1.04 bits per heavy atom. The van der Waals surface area contributed by atoms with Crippen LogP contribution >= 0.6 is 12.4 Å². The molecule has 138 valence electrons. The molecule has 25 heavy (non-hydrogen) atoms. The van der Waals surface area contributed by atoms with E-state index >= 15 is 0 Å². The molecule has 1 aromatic carbocycles. The summed E-state index contributed by atoms with van der Waals surface area (Å²) in [5.41, 5.74) is 5.37. The molecular formula is C20H30ClN3O. The van der Waals surface area contributed by atoms with Gasteiger partial charge in [-0.2, -0.15) is 0 Å². The van der Waals surface area contributed by atoms with Gasteiger partial charge in [-0.15, -0.1) is 12.4 Å². The average molecular weight is 364 g/mol. The number of nitrogens with zero attached hydrogens (tertiary/aromatic N) is 2. The topological polar surface area (TPSA) is 35.6 Å². The lowest BCUT2D eigenvalue weighted by Gasteiger charge is -2.36. The normalized spacial score (nSPS) is 17.8. The highest BCUT2D eigenvalue weighted by molar-refractivity contribution is 5.85. The van der Waals surface area contributed by atoms with Crippen LogP contribution < -0.4 is 10.2 Å². The number of hydrogen-bond acceptors (Lipinski definition) is 2. The maximum absolute atomic E-state index is 12.4. The molecule has 0 unspecified atom stereocenters. The quantitative estimate of drug-likeness (QED) is 0.845. The lowest BCUT2D eigenvalue weighted by atomic mass is 9.96. The fourth-order valence-electron chi connectivity index (χ4n) is 3.63. The van der Waals surface area contributed by atoms with Crippen molar-refractivity contribution in [1.29, 1.82) is 0 Å². The van der Waals surface area contributed by atoms with Crippen molar-refractivity contribution in [2.24, 2.45) is 0 Å². The van der Waals surface area contributed by atoms with Gasteiger partial charge < -0.3 is 15.1 Å². The van der Waals surface area contributed by atoms with E-state index in [1.54, 1.807) is 0 Å². The van der Waals surface area contributed by atoms with Crippen LogP contribution in [0.3, 0.4) is 0 Å². The van der Waals surface area contributed by atoms with Gasteiger partial charge in [0.1, 0.15) is 0 Å². The van der Waals surface area contributed by atoms with Crippen LogP contribution in [0.4, 0.5) is 10.5 Å². The number of carbonyl (C=O) groups excluding carboxylic acids is 1. The number of benzene rings is 1.